The summed E-state index contributed by atoms with van der Waals surface area (Å²) >= 11 is 0. The number of carbonyl (C=O) groups is 1. The maximum atomic E-state index is 10.7. The third-order valence-electron chi connectivity index (χ3n) is 2.61. The quantitative estimate of drug-likeness (QED) is 0.699. The van der Waals surface area contributed by atoms with Gasteiger partial charge in [0.1, 0.15) is 0 Å². The van der Waals surface area contributed by atoms with Crippen molar-refractivity contribution in [1.82, 2.24) is 4.90 Å². The first-order chi connectivity index (χ1) is 6.54. The average Bonchev–Trinajstić information content (AvgIpc) is 2.17. The number of carboxylic acids is 1. The molecule has 1 N–H and O–H groups in total. The molecule has 0 radical (unpaired) electrons. The third-order valence-corrected chi connectivity index (χ3v) is 2.61. The minimum Gasteiger partial charge on any atom is -0.481 e. The molecule has 0 aliphatic carbocycles. The number of rotatable bonds is 6. The van der Waals surface area contributed by atoms with E-state index in [4.69, 9.17) is 10.4 Å². The van der Waals surface area contributed by atoms with Crippen molar-refractivity contribution >= 4 is 5.97 Å². The first kappa shape index (κ1) is 12.9. The van der Waals surface area contributed by atoms with Crippen molar-refractivity contribution in [2.24, 2.45) is 5.92 Å². The molecule has 0 aromatic carbocycles. The van der Waals surface area contributed by atoms with Crippen LogP contribution >= 0.6 is 0 Å². The van der Waals surface area contributed by atoms with Crippen LogP contribution in [-0.4, -0.2) is 35.1 Å². The van der Waals surface area contributed by atoms with Crippen LogP contribution in [0.4, 0.5) is 0 Å². The summed E-state index contributed by atoms with van der Waals surface area (Å²) in [5, 5.41) is 17.3. The van der Waals surface area contributed by atoms with Crippen LogP contribution in [0.2, 0.25) is 0 Å². The predicted molar refractivity (Wildman–Crippen MR) is 53.7 cm³/mol. The molecule has 80 valence electrons. The molecule has 0 bridgehead atoms. The summed E-state index contributed by atoms with van der Waals surface area (Å²) < 4.78 is 0. The van der Waals surface area contributed by atoms with Crippen molar-refractivity contribution in [3.63, 3.8) is 0 Å². The van der Waals surface area contributed by atoms with E-state index in [1.54, 1.807) is 6.92 Å². The molecule has 0 fully saturated rings. The van der Waals surface area contributed by atoms with Gasteiger partial charge in [-0.1, -0.05) is 13.8 Å². The van der Waals surface area contributed by atoms with Crippen molar-refractivity contribution in [2.75, 3.05) is 13.1 Å². The molecule has 14 heavy (non-hydrogen) atoms. The molecule has 0 rings (SSSR count). The second kappa shape index (κ2) is 6.39. The summed E-state index contributed by atoms with van der Waals surface area (Å²) in [6.07, 6.45) is 0.449. The molecule has 2 atom stereocenters. The number of nitriles is 1. The van der Waals surface area contributed by atoms with Gasteiger partial charge in [-0.2, -0.15) is 5.26 Å². The van der Waals surface area contributed by atoms with E-state index in [0.29, 0.717) is 13.0 Å². The fraction of sp³-hybridized carbons (Fsp3) is 0.800. The lowest BCUT2D eigenvalue weighted by molar-refractivity contribution is -0.143. The Morgan fingerprint density at radius 3 is 2.50 bits per heavy atom. The minimum absolute atomic E-state index is 0.0224. The standard InChI is InChI=1S/C10H18N2O2/c1-4-12(7-5-6-11)9(3)8(2)10(13)14/h8-9H,4-5,7H2,1-3H3,(H,13,14). The fourth-order valence-electron chi connectivity index (χ4n) is 1.37. The fourth-order valence-corrected chi connectivity index (χ4v) is 1.37. The lowest BCUT2D eigenvalue weighted by Gasteiger charge is -2.29. The van der Waals surface area contributed by atoms with Crippen molar-refractivity contribution < 1.29 is 9.90 Å². The number of hydrogen-bond donors (Lipinski definition) is 1. The highest BCUT2D eigenvalue weighted by Gasteiger charge is 2.23. The summed E-state index contributed by atoms with van der Waals surface area (Å²) in [5.41, 5.74) is 0. The second-order valence-corrected chi connectivity index (χ2v) is 3.40. The highest BCUT2D eigenvalue weighted by Crippen LogP contribution is 2.11. The molecule has 0 aromatic heterocycles. The van der Waals surface area contributed by atoms with Crippen LogP contribution < -0.4 is 0 Å². The molecule has 0 aromatic rings. The van der Waals surface area contributed by atoms with E-state index >= 15 is 0 Å². The third kappa shape index (κ3) is 3.75. The van der Waals surface area contributed by atoms with Gasteiger partial charge in [0.05, 0.1) is 12.0 Å². The topological polar surface area (TPSA) is 64.3 Å². The molecule has 0 amide bonds. The van der Waals surface area contributed by atoms with Crippen LogP contribution in [0.3, 0.4) is 0 Å². The van der Waals surface area contributed by atoms with Crippen molar-refractivity contribution in [1.29, 1.82) is 5.26 Å². The molecule has 4 nitrogen and oxygen atoms in total. The Morgan fingerprint density at radius 2 is 2.14 bits per heavy atom. The molecule has 0 saturated carbocycles. The highest BCUT2D eigenvalue weighted by molar-refractivity contribution is 5.70. The van der Waals surface area contributed by atoms with Gasteiger partial charge in [-0.3, -0.25) is 9.69 Å². The summed E-state index contributed by atoms with van der Waals surface area (Å²) in [7, 11) is 0. The number of nitrogens with zero attached hydrogens (tertiary/aromatic N) is 2. The van der Waals surface area contributed by atoms with Gasteiger partial charge < -0.3 is 5.11 Å². The van der Waals surface area contributed by atoms with Gasteiger partial charge in [0.2, 0.25) is 0 Å². The van der Waals surface area contributed by atoms with Crippen LogP contribution in [0.15, 0.2) is 0 Å². The van der Waals surface area contributed by atoms with E-state index in [-0.39, 0.29) is 6.04 Å². The van der Waals surface area contributed by atoms with Gasteiger partial charge in [-0.05, 0) is 13.5 Å². The zero-order chi connectivity index (χ0) is 11.1. The lowest BCUT2D eigenvalue weighted by Crippen LogP contribution is -2.40. The largest absolute Gasteiger partial charge is 0.481 e. The molecule has 0 aliphatic heterocycles. The Labute approximate surface area is 85.1 Å². The van der Waals surface area contributed by atoms with Gasteiger partial charge >= 0.3 is 5.97 Å². The number of aliphatic carboxylic acids is 1. The van der Waals surface area contributed by atoms with E-state index in [0.717, 1.165) is 6.54 Å². The van der Waals surface area contributed by atoms with Crippen LogP contribution in [0, 0.1) is 17.2 Å². The number of hydrogen-bond acceptors (Lipinski definition) is 3. The Kier molecular flexibility index (Phi) is 5.89. The Balaban J connectivity index is 4.23. The van der Waals surface area contributed by atoms with Crippen molar-refractivity contribution in [2.45, 2.75) is 33.2 Å². The van der Waals surface area contributed by atoms with Crippen LogP contribution in [-0.2, 0) is 4.79 Å². The summed E-state index contributed by atoms with van der Waals surface area (Å²) in [5.74, 6) is -1.18. The molecule has 0 spiro atoms. The van der Waals surface area contributed by atoms with Crippen LogP contribution in [0.1, 0.15) is 27.2 Å². The first-order valence-corrected chi connectivity index (χ1v) is 4.88. The Bertz CT molecular complexity index is 223. The smallest absolute Gasteiger partial charge is 0.307 e. The van der Waals surface area contributed by atoms with Crippen molar-refractivity contribution in [3.05, 3.63) is 0 Å². The molecular formula is C10H18N2O2. The van der Waals surface area contributed by atoms with Gasteiger partial charge in [0.25, 0.3) is 0 Å². The summed E-state index contributed by atoms with van der Waals surface area (Å²) in [6, 6.07) is 2.04. The molecule has 4 heteroatoms. The Hall–Kier alpha value is -1.08. The zero-order valence-corrected chi connectivity index (χ0v) is 9.03. The minimum atomic E-state index is -0.784. The van der Waals surface area contributed by atoms with Gasteiger partial charge in [0.15, 0.2) is 0 Å². The van der Waals surface area contributed by atoms with E-state index in [1.807, 2.05) is 18.7 Å². The van der Waals surface area contributed by atoms with E-state index in [1.165, 1.54) is 0 Å². The van der Waals surface area contributed by atoms with Gasteiger partial charge in [-0.15, -0.1) is 0 Å². The first-order valence-electron chi connectivity index (χ1n) is 4.88. The zero-order valence-electron chi connectivity index (χ0n) is 9.03. The maximum absolute atomic E-state index is 10.7. The second-order valence-electron chi connectivity index (χ2n) is 3.40. The van der Waals surface area contributed by atoms with Crippen LogP contribution in [0.5, 0.6) is 0 Å². The summed E-state index contributed by atoms with van der Waals surface area (Å²) in [6.45, 7) is 6.98. The molecule has 0 heterocycles. The molecule has 0 saturated heterocycles. The van der Waals surface area contributed by atoms with E-state index < -0.39 is 11.9 Å². The van der Waals surface area contributed by atoms with Crippen molar-refractivity contribution in [3.8, 4) is 6.07 Å². The van der Waals surface area contributed by atoms with Gasteiger partial charge in [-0.25, -0.2) is 0 Å². The molecule has 2 unspecified atom stereocenters. The predicted octanol–water partition coefficient (Wildman–Crippen LogP) is 1.33. The van der Waals surface area contributed by atoms with E-state index in [2.05, 4.69) is 6.07 Å². The lowest BCUT2D eigenvalue weighted by atomic mass is 10.0. The monoisotopic (exact) mass is 198 g/mol. The molecular weight excluding hydrogens is 180 g/mol. The SMILES string of the molecule is CCN(CCC#N)C(C)C(C)C(=O)O. The maximum Gasteiger partial charge on any atom is 0.307 e. The normalized spacial score (nSPS) is 14.8. The molecule has 0 aliphatic rings. The average molecular weight is 198 g/mol. The number of carboxylic acid groups (broad SMARTS) is 1. The van der Waals surface area contributed by atoms with Gasteiger partial charge in [0, 0.05) is 19.0 Å². The van der Waals surface area contributed by atoms with E-state index in [9.17, 15) is 4.79 Å². The Morgan fingerprint density at radius 1 is 1.57 bits per heavy atom. The van der Waals surface area contributed by atoms with Crippen LogP contribution in [0.25, 0.3) is 0 Å². The summed E-state index contributed by atoms with van der Waals surface area (Å²) in [4.78, 5) is 12.8. The highest BCUT2D eigenvalue weighted by atomic mass is 16.4.